The van der Waals surface area contributed by atoms with E-state index in [4.69, 9.17) is 4.74 Å². The van der Waals surface area contributed by atoms with Gasteiger partial charge >= 0.3 is 0 Å². The van der Waals surface area contributed by atoms with Crippen LogP contribution in [0.3, 0.4) is 0 Å². The van der Waals surface area contributed by atoms with Crippen molar-refractivity contribution in [2.45, 2.75) is 6.54 Å². The zero-order valence-electron chi connectivity index (χ0n) is 10.4. The Hall–Kier alpha value is -1.56. The number of hydrogen-bond acceptors (Lipinski definition) is 2. The Morgan fingerprint density at radius 3 is 2.53 bits per heavy atom. The fourth-order valence-electron chi connectivity index (χ4n) is 2.29. The number of fused-ring (bicyclic) bond motifs is 1. The minimum atomic E-state index is 0.0742. The molecule has 1 heterocycles. The van der Waals surface area contributed by atoms with Crippen LogP contribution in [0.15, 0.2) is 42.5 Å². The van der Waals surface area contributed by atoms with Gasteiger partial charge in [-0.05, 0) is 58.5 Å². The molecule has 96 valence electrons. The summed E-state index contributed by atoms with van der Waals surface area (Å²) in [5, 5.41) is 0. The SMILES string of the molecule is COc1ccc(N2Cc3cccc(I)c3C2=O)cc1. The van der Waals surface area contributed by atoms with E-state index in [9.17, 15) is 4.79 Å². The molecular weight excluding hydrogens is 353 g/mol. The number of nitrogens with zero attached hydrogens (tertiary/aromatic N) is 1. The molecule has 3 nitrogen and oxygen atoms in total. The number of carbonyl (C=O) groups excluding carboxylic acids is 1. The highest BCUT2D eigenvalue weighted by atomic mass is 127. The van der Waals surface area contributed by atoms with E-state index in [-0.39, 0.29) is 5.91 Å². The molecule has 2 aromatic carbocycles. The fraction of sp³-hybridized carbons (Fsp3) is 0.133. The van der Waals surface area contributed by atoms with Crippen LogP contribution in [0.5, 0.6) is 5.75 Å². The van der Waals surface area contributed by atoms with Crippen molar-refractivity contribution in [3.63, 3.8) is 0 Å². The third-order valence-corrected chi connectivity index (χ3v) is 4.17. The van der Waals surface area contributed by atoms with Gasteiger partial charge < -0.3 is 9.64 Å². The molecular formula is C15H12INO2. The molecule has 0 spiro atoms. The monoisotopic (exact) mass is 365 g/mol. The lowest BCUT2D eigenvalue weighted by Crippen LogP contribution is -2.23. The highest BCUT2D eigenvalue weighted by molar-refractivity contribution is 14.1. The lowest BCUT2D eigenvalue weighted by atomic mass is 10.1. The van der Waals surface area contributed by atoms with Crippen LogP contribution in [0.2, 0.25) is 0 Å². The van der Waals surface area contributed by atoms with Crippen molar-refractivity contribution in [2.75, 3.05) is 12.0 Å². The van der Waals surface area contributed by atoms with E-state index in [1.54, 1.807) is 12.0 Å². The van der Waals surface area contributed by atoms with Gasteiger partial charge in [0.05, 0.1) is 19.2 Å². The van der Waals surface area contributed by atoms with E-state index in [1.165, 1.54) is 0 Å². The second-order valence-corrected chi connectivity index (χ2v) is 5.53. The van der Waals surface area contributed by atoms with Crippen LogP contribution in [0, 0.1) is 3.57 Å². The van der Waals surface area contributed by atoms with Gasteiger partial charge in [-0.3, -0.25) is 4.79 Å². The predicted molar refractivity (Wildman–Crippen MR) is 82.7 cm³/mol. The number of halogens is 1. The van der Waals surface area contributed by atoms with Gasteiger partial charge in [0.1, 0.15) is 5.75 Å². The van der Waals surface area contributed by atoms with Crippen molar-refractivity contribution in [1.82, 2.24) is 0 Å². The maximum absolute atomic E-state index is 12.5. The van der Waals surface area contributed by atoms with Crippen LogP contribution in [-0.2, 0) is 6.54 Å². The standard InChI is InChI=1S/C15H12INO2/c1-19-12-7-5-11(6-8-12)17-9-10-3-2-4-13(16)14(10)15(17)18/h2-8H,9H2,1H3. The van der Waals surface area contributed by atoms with E-state index in [0.717, 1.165) is 26.1 Å². The van der Waals surface area contributed by atoms with Gasteiger partial charge in [0.15, 0.2) is 0 Å². The summed E-state index contributed by atoms with van der Waals surface area (Å²) in [6.45, 7) is 0.636. The van der Waals surface area contributed by atoms with Crippen LogP contribution >= 0.6 is 22.6 Å². The molecule has 0 saturated carbocycles. The number of benzene rings is 2. The van der Waals surface area contributed by atoms with Crippen LogP contribution in [-0.4, -0.2) is 13.0 Å². The van der Waals surface area contributed by atoms with Gasteiger partial charge in [-0.25, -0.2) is 0 Å². The van der Waals surface area contributed by atoms with E-state index in [2.05, 4.69) is 22.6 Å². The second-order valence-electron chi connectivity index (χ2n) is 4.36. The van der Waals surface area contributed by atoms with E-state index >= 15 is 0 Å². The van der Waals surface area contributed by atoms with Crippen LogP contribution in [0.25, 0.3) is 0 Å². The molecule has 4 heteroatoms. The summed E-state index contributed by atoms with van der Waals surface area (Å²) in [5.74, 6) is 0.868. The molecule has 3 rings (SSSR count). The molecule has 0 fully saturated rings. The molecule has 1 aliphatic rings. The Morgan fingerprint density at radius 2 is 1.89 bits per heavy atom. The smallest absolute Gasteiger partial charge is 0.260 e. The molecule has 1 aliphatic heterocycles. The van der Waals surface area contributed by atoms with Gasteiger partial charge in [0.2, 0.25) is 0 Å². The van der Waals surface area contributed by atoms with E-state index < -0.39 is 0 Å². The summed E-state index contributed by atoms with van der Waals surface area (Å²) in [7, 11) is 1.63. The van der Waals surface area contributed by atoms with Crippen molar-refractivity contribution in [3.8, 4) is 5.75 Å². The molecule has 0 aromatic heterocycles. The normalized spacial score (nSPS) is 13.6. The van der Waals surface area contributed by atoms with Crippen LogP contribution in [0.4, 0.5) is 5.69 Å². The highest BCUT2D eigenvalue weighted by Crippen LogP contribution is 2.31. The first-order valence-electron chi connectivity index (χ1n) is 5.94. The van der Waals surface area contributed by atoms with E-state index in [1.807, 2.05) is 42.5 Å². The van der Waals surface area contributed by atoms with Crippen molar-refractivity contribution < 1.29 is 9.53 Å². The Bertz CT molecular complexity index is 637. The van der Waals surface area contributed by atoms with E-state index in [0.29, 0.717) is 6.54 Å². The molecule has 0 unspecified atom stereocenters. The number of anilines is 1. The quantitative estimate of drug-likeness (QED) is 0.763. The predicted octanol–water partition coefficient (Wildman–Crippen LogP) is 3.46. The Kier molecular flexibility index (Phi) is 3.18. The third-order valence-electron chi connectivity index (χ3n) is 3.27. The zero-order valence-corrected chi connectivity index (χ0v) is 12.5. The minimum Gasteiger partial charge on any atom is -0.497 e. The number of amides is 1. The first-order chi connectivity index (χ1) is 9.20. The summed E-state index contributed by atoms with van der Waals surface area (Å²) in [6.07, 6.45) is 0. The number of ether oxygens (including phenoxy) is 1. The topological polar surface area (TPSA) is 29.5 Å². The van der Waals surface area contributed by atoms with Gasteiger partial charge in [-0.15, -0.1) is 0 Å². The highest BCUT2D eigenvalue weighted by Gasteiger charge is 2.30. The average Bonchev–Trinajstić information content (AvgIpc) is 2.78. The molecule has 0 aliphatic carbocycles. The van der Waals surface area contributed by atoms with Gasteiger partial charge in [-0.2, -0.15) is 0 Å². The first kappa shape index (κ1) is 12.5. The molecule has 19 heavy (non-hydrogen) atoms. The summed E-state index contributed by atoms with van der Waals surface area (Å²) in [6, 6.07) is 13.5. The molecule has 0 saturated heterocycles. The number of rotatable bonds is 2. The fourth-order valence-corrected chi connectivity index (χ4v) is 3.07. The Labute approximate surface area is 125 Å². The molecule has 0 radical (unpaired) electrons. The lowest BCUT2D eigenvalue weighted by molar-refractivity contribution is 0.0996. The lowest BCUT2D eigenvalue weighted by Gasteiger charge is -2.16. The van der Waals surface area contributed by atoms with Crippen LogP contribution in [0.1, 0.15) is 15.9 Å². The Morgan fingerprint density at radius 1 is 1.16 bits per heavy atom. The van der Waals surface area contributed by atoms with Crippen molar-refractivity contribution >= 4 is 34.2 Å². The van der Waals surface area contributed by atoms with Crippen LogP contribution < -0.4 is 9.64 Å². The summed E-state index contributed by atoms with van der Waals surface area (Å²) in [5.41, 5.74) is 2.82. The van der Waals surface area contributed by atoms with Gasteiger partial charge in [-0.1, -0.05) is 12.1 Å². The number of carbonyl (C=O) groups is 1. The number of hydrogen-bond donors (Lipinski definition) is 0. The molecule has 1 amide bonds. The first-order valence-corrected chi connectivity index (χ1v) is 7.02. The molecule has 2 aromatic rings. The second kappa shape index (κ2) is 4.85. The maximum Gasteiger partial charge on any atom is 0.260 e. The van der Waals surface area contributed by atoms with Crippen molar-refractivity contribution in [3.05, 3.63) is 57.2 Å². The summed E-state index contributed by atoms with van der Waals surface area (Å²) < 4.78 is 6.15. The molecule has 0 N–H and O–H groups in total. The van der Waals surface area contributed by atoms with Gasteiger partial charge in [0.25, 0.3) is 5.91 Å². The van der Waals surface area contributed by atoms with Gasteiger partial charge in [0, 0.05) is 9.26 Å². The third kappa shape index (κ3) is 2.10. The average molecular weight is 365 g/mol. The minimum absolute atomic E-state index is 0.0742. The molecule has 0 bridgehead atoms. The summed E-state index contributed by atoms with van der Waals surface area (Å²) in [4.78, 5) is 14.3. The zero-order chi connectivity index (χ0) is 13.4. The van der Waals surface area contributed by atoms with Crippen molar-refractivity contribution in [2.24, 2.45) is 0 Å². The summed E-state index contributed by atoms with van der Waals surface area (Å²) >= 11 is 2.21. The number of methoxy groups -OCH3 is 1. The maximum atomic E-state index is 12.5. The Balaban J connectivity index is 1.97. The largest absolute Gasteiger partial charge is 0.497 e. The molecule has 0 atom stereocenters. The van der Waals surface area contributed by atoms with Crippen molar-refractivity contribution in [1.29, 1.82) is 0 Å².